The molecule has 1 amide bonds. The van der Waals surface area contributed by atoms with Gasteiger partial charge >= 0.3 is 0 Å². The van der Waals surface area contributed by atoms with Crippen molar-refractivity contribution in [3.63, 3.8) is 0 Å². The summed E-state index contributed by atoms with van der Waals surface area (Å²) in [5.74, 6) is -0.261. The Kier molecular flexibility index (Phi) is 7.55. The lowest BCUT2D eigenvalue weighted by atomic mass is 9.95. The monoisotopic (exact) mass is 523 g/mol. The van der Waals surface area contributed by atoms with Gasteiger partial charge < -0.3 is 24.8 Å². The third-order valence-electron chi connectivity index (χ3n) is 6.95. The quantitative estimate of drug-likeness (QED) is 0.381. The number of carbonyl (C=O) groups is 1. The average Bonchev–Trinajstić information content (AvgIpc) is 3.51. The molecule has 0 bridgehead atoms. The second kappa shape index (κ2) is 11.0. The number of nitrogens with one attached hydrogen (secondary N) is 2. The van der Waals surface area contributed by atoms with Gasteiger partial charge in [-0.1, -0.05) is 36.9 Å². The molecule has 0 radical (unpaired) electrons. The van der Waals surface area contributed by atoms with Crippen LogP contribution < -0.4 is 15.5 Å². The zero-order valence-corrected chi connectivity index (χ0v) is 21.8. The highest BCUT2D eigenvalue weighted by atomic mass is 35.5. The number of benzene rings is 1. The first-order chi connectivity index (χ1) is 17.5. The Morgan fingerprint density at radius 2 is 2.06 bits per heavy atom. The molecule has 9 heteroatoms. The van der Waals surface area contributed by atoms with Crippen LogP contribution in [0.25, 0.3) is 0 Å². The Bertz CT molecular complexity index is 1230. The van der Waals surface area contributed by atoms with E-state index in [9.17, 15) is 4.79 Å². The lowest BCUT2D eigenvalue weighted by molar-refractivity contribution is -0.119. The minimum absolute atomic E-state index is 0.0377. The molecule has 2 aromatic heterocycles. The molecule has 7 nitrogen and oxygen atoms in total. The van der Waals surface area contributed by atoms with Crippen LogP contribution in [-0.2, 0) is 9.53 Å². The van der Waals surface area contributed by atoms with Crippen molar-refractivity contribution in [1.29, 1.82) is 0 Å². The molecule has 2 atom stereocenters. The van der Waals surface area contributed by atoms with Crippen LogP contribution >= 0.6 is 23.8 Å². The number of hydrogen-bond acceptors (Lipinski definition) is 4. The minimum Gasteiger partial charge on any atom is -0.375 e. The van der Waals surface area contributed by atoms with Crippen LogP contribution in [0.5, 0.6) is 0 Å². The number of halogens is 1. The SMILES string of the molecule is COCC(=O)Nc1ccc(N2C(=S)NC(c3ccccn3)C2c2ccn(C3CCCCC3)c2)cc1Cl. The maximum Gasteiger partial charge on any atom is 0.250 e. The van der Waals surface area contributed by atoms with E-state index in [0.29, 0.717) is 21.9 Å². The zero-order chi connectivity index (χ0) is 25.1. The van der Waals surface area contributed by atoms with E-state index in [0.717, 1.165) is 16.9 Å². The number of rotatable bonds is 7. The molecule has 1 aliphatic carbocycles. The Labute approximate surface area is 221 Å². The molecule has 3 aromatic rings. The molecule has 188 valence electrons. The fourth-order valence-electron chi connectivity index (χ4n) is 5.26. The molecule has 2 fully saturated rings. The van der Waals surface area contributed by atoms with Crippen molar-refractivity contribution in [3.05, 3.63) is 77.3 Å². The summed E-state index contributed by atoms with van der Waals surface area (Å²) in [6.07, 6.45) is 12.6. The van der Waals surface area contributed by atoms with Crippen LogP contribution in [0.4, 0.5) is 11.4 Å². The molecule has 1 saturated heterocycles. The molecule has 3 heterocycles. The highest BCUT2D eigenvalue weighted by molar-refractivity contribution is 7.80. The summed E-state index contributed by atoms with van der Waals surface area (Å²) in [5.41, 5.74) is 3.46. The van der Waals surface area contributed by atoms with Crippen molar-refractivity contribution in [3.8, 4) is 0 Å². The maximum atomic E-state index is 12.0. The Balaban J connectivity index is 1.50. The highest BCUT2D eigenvalue weighted by Gasteiger charge is 2.41. The van der Waals surface area contributed by atoms with Gasteiger partial charge in [-0.15, -0.1) is 0 Å². The summed E-state index contributed by atoms with van der Waals surface area (Å²) in [6, 6.07) is 14.0. The fraction of sp³-hybridized carbons (Fsp3) is 0.370. The van der Waals surface area contributed by atoms with E-state index in [2.05, 4.69) is 43.5 Å². The van der Waals surface area contributed by atoms with Gasteiger partial charge in [0.2, 0.25) is 5.91 Å². The third kappa shape index (κ3) is 5.12. The summed E-state index contributed by atoms with van der Waals surface area (Å²) < 4.78 is 7.27. The summed E-state index contributed by atoms with van der Waals surface area (Å²) in [6.45, 7) is -0.0377. The van der Waals surface area contributed by atoms with Gasteiger partial charge in [-0.3, -0.25) is 9.78 Å². The highest BCUT2D eigenvalue weighted by Crippen LogP contribution is 2.43. The van der Waals surface area contributed by atoms with E-state index in [4.69, 9.17) is 28.6 Å². The van der Waals surface area contributed by atoms with E-state index in [-0.39, 0.29) is 24.6 Å². The minimum atomic E-state index is -0.261. The van der Waals surface area contributed by atoms with Crippen molar-refractivity contribution in [2.45, 2.75) is 50.2 Å². The van der Waals surface area contributed by atoms with Gasteiger partial charge in [0, 0.05) is 37.4 Å². The molecule has 1 saturated carbocycles. The number of ether oxygens (including phenoxy) is 1. The Morgan fingerprint density at radius 3 is 2.78 bits per heavy atom. The van der Waals surface area contributed by atoms with E-state index in [1.807, 2.05) is 30.3 Å². The standard InChI is InChI=1S/C27H30ClN5O2S/c1-35-17-24(34)30-22-11-10-20(15-21(22)28)33-26(25(31-27(33)36)23-9-5-6-13-29-23)18-12-14-32(16-18)19-7-3-2-4-8-19/h5-6,9-16,19,25-26H,2-4,7-8,17H2,1H3,(H,30,34)(H,31,36). The molecular formula is C27H30ClN5O2S. The molecular weight excluding hydrogens is 494 g/mol. The average molecular weight is 524 g/mol. The fourth-order valence-corrected chi connectivity index (χ4v) is 5.82. The van der Waals surface area contributed by atoms with Crippen LogP contribution in [0.1, 0.15) is 61.5 Å². The van der Waals surface area contributed by atoms with E-state index >= 15 is 0 Å². The molecule has 2 aliphatic rings. The maximum absolute atomic E-state index is 12.0. The largest absolute Gasteiger partial charge is 0.375 e. The summed E-state index contributed by atoms with van der Waals surface area (Å²) in [7, 11) is 1.48. The van der Waals surface area contributed by atoms with Gasteiger partial charge in [0.1, 0.15) is 6.61 Å². The number of hydrogen-bond donors (Lipinski definition) is 2. The molecule has 5 rings (SSSR count). The number of carbonyl (C=O) groups excluding carboxylic acids is 1. The second-order valence-electron chi connectivity index (χ2n) is 9.33. The van der Waals surface area contributed by atoms with Gasteiger partial charge in [-0.25, -0.2) is 0 Å². The van der Waals surface area contributed by atoms with Crippen LogP contribution in [0, 0.1) is 0 Å². The van der Waals surface area contributed by atoms with Crippen LogP contribution in [0.2, 0.25) is 5.02 Å². The third-order valence-corrected chi connectivity index (χ3v) is 7.58. The number of methoxy groups -OCH3 is 1. The number of anilines is 2. The molecule has 0 spiro atoms. The number of amides is 1. The predicted octanol–water partition coefficient (Wildman–Crippen LogP) is 5.80. The second-order valence-corrected chi connectivity index (χ2v) is 10.1. The first-order valence-corrected chi connectivity index (χ1v) is 13.1. The predicted molar refractivity (Wildman–Crippen MR) is 146 cm³/mol. The number of pyridine rings is 1. The van der Waals surface area contributed by atoms with E-state index in [1.165, 1.54) is 39.2 Å². The molecule has 2 N–H and O–H groups in total. The van der Waals surface area contributed by atoms with Gasteiger partial charge in [-0.05, 0) is 67.0 Å². The molecule has 1 aromatic carbocycles. The smallest absolute Gasteiger partial charge is 0.250 e. The van der Waals surface area contributed by atoms with Crippen LogP contribution in [-0.4, -0.2) is 34.3 Å². The topological polar surface area (TPSA) is 71.4 Å². The van der Waals surface area contributed by atoms with Crippen molar-refractivity contribution in [2.75, 3.05) is 23.9 Å². The lowest BCUT2D eigenvalue weighted by Gasteiger charge is -2.28. The Morgan fingerprint density at radius 1 is 1.22 bits per heavy atom. The van der Waals surface area contributed by atoms with E-state index < -0.39 is 0 Å². The van der Waals surface area contributed by atoms with Crippen molar-refractivity contribution in [2.24, 2.45) is 0 Å². The summed E-state index contributed by atoms with van der Waals surface area (Å²) >= 11 is 12.4. The lowest BCUT2D eigenvalue weighted by Crippen LogP contribution is -2.29. The van der Waals surface area contributed by atoms with Gasteiger partial charge in [-0.2, -0.15) is 0 Å². The van der Waals surface area contributed by atoms with Crippen molar-refractivity contribution >= 4 is 46.2 Å². The number of thiocarbonyl (C=S) groups is 1. The van der Waals surface area contributed by atoms with Crippen LogP contribution in [0.15, 0.2) is 61.1 Å². The normalized spacial score (nSPS) is 20.4. The molecule has 2 unspecified atom stereocenters. The van der Waals surface area contributed by atoms with E-state index in [1.54, 1.807) is 12.3 Å². The van der Waals surface area contributed by atoms with Gasteiger partial charge in [0.05, 0.1) is 28.5 Å². The number of aromatic nitrogens is 2. The van der Waals surface area contributed by atoms with Crippen molar-refractivity contribution < 1.29 is 9.53 Å². The molecule has 36 heavy (non-hydrogen) atoms. The van der Waals surface area contributed by atoms with Crippen molar-refractivity contribution in [1.82, 2.24) is 14.9 Å². The molecule has 1 aliphatic heterocycles. The number of nitrogens with zero attached hydrogens (tertiary/aromatic N) is 3. The summed E-state index contributed by atoms with van der Waals surface area (Å²) in [4.78, 5) is 18.7. The Hall–Kier alpha value is -2.94. The zero-order valence-electron chi connectivity index (χ0n) is 20.2. The van der Waals surface area contributed by atoms with Gasteiger partial charge in [0.15, 0.2) is 5.11 Å². The first-order valence-electron chi connectivity index (χ1n) is 12.3. The first kappa shape index (κ1) is 24.7. The van der Waals surface area contributed by atoms with Gasteiger partial charge in [0.25, 0.3) is 0 Å². The summed E-state index contributed by atoms with van der Waals surface area (Å²) in [5, 5.41) is 7.31. The van der Waals surface area contributed by atoms with Crippen LogP contribution in [0.3, 0.4) is 0 Å².